The summed E-state index contributed by atoms with van der Waals surface area (Å²) in [4.78, 5) is 26.1. The summed E-state index contributed by atoms with van der Waals surface area (Å²) in [6.45, 7) is 3.84. The Morgan fingerprint density at radius 1 is 0.943 bits per heavy atom. The van der Waals surface area contributed by atoms with E-state index >= 15 is 0 Å². The van der Waals surface area contributed by atoms with E-state index < -0.39 is 16.2 Å². The number of nitrogens with two attached hydrogens (primary N) is 1. The molecule has 3 aromatic carbocycles. The van der Waals surface area contributed by atoms with Gasteiger partial charge in [-0.2, -0.15) is 0 Å². The van der Waals surface area contributed by atoms with Gasteiger partial charge in [-0.05, 0) is 78.6 Å². The third-order valence-corrected chi connectivity index (χ3v) is 8.11. The maximum Gasteiger partial charge on any atom is 0.231 e. The van der Waals surface area contributed by atoms with Crippen molar-refractivity contribution in [2.45, 2.75) is 30.5 Å². The zero-order chi connectivity index (χ0) is 25.7. The average Bonchev–Trinajstić information content (AvgIpc) is 3.36. The van der Waals surface area contributed by atoms with E-state index in [0.717, 1.165) is 16.7 Å². The molecule has 1 saturated carbocycles. The summed E-state index contributed by atoms with van der Waals surface area (Å²) in [5.41, 5.74) is 10.8. The van der Waals surface area contributed by atoms with Crippen LogP contribution in [0.3, 0.4) is 0 Å². The summed E-state index contributed by atoms with van der Waals surface area (Å²) < 4.78 is -1.31. The molecule has 9 heteroatoms. The molecule has 1 fully saturated rings. The third-order valence-electron chi connectivity index (χ3n) is 6.41. The van der Waals surface area contributed by atoms with Crippen molar-refractivity contribution in [1.82, 2.24) is 0 Å². The Balaban J connectivity index is 1.52. The van der Waals surface area contributed by atoms with E-state index in [4.69, 9.17) is 63.7 Å². The van der Waals surface area contributed by atoms with Crippen molar-refractivity contribution in [3.05, 3.63) is 91.4 Å². The molecule has 0 spiro atoms. The summed E-state index contributed by atoms with van der Waals surface area (Å²) in [5, 5.41) is 3.94. The van der Waals surface area contributed by atoms with Crippen molar-refractivity contribution in [3.8, 4) is 0 Å². The summed E-state index contributed by atoms with van der Waals surface area (Å²) >= 11 is 31.4. The van der Waals surface area contributed by atoms with Crippen molar-refractivity contribution in [1.29, 1.82) is 0 Å². The molecule has 4 rings (SSSR count). The number of benzene rings is 3. The monoisotopic (exact) mass is 568 g/mol. The van der Waals surface area contributed by atoms with E-state index in [1.807, 2.05) is 19.9 Å². The fourth-order valence-electron chi connectivity index (χ4n) is 4.22. The van der Waals surface area contributed by atoms with Gasteiger partial charge >= 0.3 is 0 Å². The van der Waals surface area contributed by atoms with Crippen molar-refractivity contribution in [3.63, 3.8) is 0 Å². The molecule has 0 aromatic heterocycles. The van der Waals surface area contributed by atoms with Crippen LogP contribution in [-0.2, 0) is 11.2 Å². The van der Waals surface area contributed by atoms with Crippen molar-refractivity contribution in [2.24, 2.45) is 5.92 Å². The normalized spacial score (nSPS) is 18.3. The van der Waals surface area contributed by atoms with Crippen LogP contribution in [0.5, 0.6) is 0 Å². The number of nitrogens with one attached hydrogen (secondary N) is 1. The molecule has 1 aliphatic rings. The number of alkyl halides is 2. The molecule has 0 heterocycles. The number of Topliss-reactive ketones (excluding diaryl/α,β-unsaturated/α-hetero) is 1. The van der Waals surface area contributed by atoms with Crippen LogP contribution in [0.4, 0.5) is 11.4 Å². The standard InChI is InChI=1S/C26H21Cl5N2O2/c1-12-13(2)21(32)6-3-14(12)9-22(34)19-11-18(4-5-20(19)29)33-25(35)24-23(26(24,30)31)15-7-16(27)10-17(28)8-15/h3-8,10-11,23-24H,9,32H2,1-2H3,(H,33,35). The van der Waals surface area contributed by atoms with Gasteiger partial charge in [-0.3, -0.25) is 9.59 Å². The number of carbonyl (C=O) groups is 2. The molecule has 35 heavy (non-hydrogen) atoms. The molecule has 0 saturated heterocycles. The second-order valence-corrected chi connectivity index (χ2v) is 11.4. The first-order valence-electron chi connectivity index (χ1n) is 10.7. The number of nitrogen functional groups attached to an aromatic ring is 1. The number of halogens is 5. The Morgan fingerprint density at radius 3 is 2.26 bits per heavy atom. The Morgan fingerprint density at radius 2 is 1.60 bits per heavy atom. The molecular formula is C26H21Cl5N2O2. The highest BCUT2D eigenvalue weighted by atomic mass is 35.5. The molecule has 3 N–H and O–H groups in total. The third kappa shape index (κ3) is 5.28. The topological polar surface area (TPSA) is 72.2 Å². The van der Waals surface area contributed by atoms with Gasteiger partial charge in [0.2, 0.25) is 5.91 Å². The highest BCUT2D eigenvalue weighted by Crippen LogP contribution is 2.65. The van der Waals surface area contributed by atoms with E-state index in [-0.39, 0.29) is 18.1 Å². The van der Waals surface area contributed by atoms with Gasteiger partial charge in [-0.1, -0.05) is 40.9 Å². The first-order chi connectivity index (χ1) is 16.4. The summed E-state index contributed by atoms with van der Waals surface area (Å²) in [6.07, 6.45) is 0.150. The first-order valence-corrected chi connectivity index (χ1v) is 12.6. The molecule has 3 aromatic rings. The highest BCUT2D eigenvalue weighted by Gasteiger charge is 2.67. The number of rotatable bonds is 6. The molecule has 2 unspecified atom stereocenters. The van der Waals surface area contributed by atoms with Crippen molar-refractivity contribution in [2.75, 3.05) is 11.1 Å². The maximum atomic E-state index is 13.1. The summed E-state index contributed by atoms with van der Waals surface area (Å²) in [7, 11) is 0. The largest absolute Gasteiger partial charge is 0.399 e. The van der Waals surface area contributed by atoms with E-state index in [9.17, 15) is 9.59 Å². The fraction of sp³-hybridized carbons (Fsp3) is 0.231. The van der Waals surface area contributed by atoms with Gasteiger partial charge in [0.25, 0.3) is 0 Å². The van der Waals surface area contributed by atoms with Gasteiger partial charge in [0, 0.05) is 39.3 Å². The number of carbonyl (C=O) groups excluding carboxylic acids is 2. The maximum absolute atomic E-state index is 13.1. The van der Waals surface area contributed by atoms with Gasteiger partial charge in [0.1, 0.15) is 4.33 Å². The van der Waals surface area contributed by atoms with Crippen molar-refractivity contribution >= 4 is 81.1 Å². The number of amides is 1. The molecular weight excluding hydrogens is 550 g/mol. The predicted molar refractivity (Wildman–Crippen MR) is 146 cm³/mol. The van der Waals surface area contributed by atoms with E-state index in [0.29, 0.717) is 37.6 Å². The van der Waals surface area contributed by atoms with Gasteiger partial charge in [0.15, 0.2) is 5.78 Å². The molecule has 4 nitrogen and oxygen atoms in total. The Kier molecular flexibility index (Phi) is 7.34. The number of hydrogen-bond donors (Lipinski definition) is 2. The van der Waals surface area contributed by atoms with Gasteiger partial charge in [0.05, 0.1) is 10.9 Å². The fourth-order valence-corrected chi connectivity index (χ4v) is 5.81. The minimum Gasteiger partial charge on any atom is -0.399 e. The summed E-state index contributed by atoms with van der Waals surface area (Å²) in [6, 6.07) is 13.3. The second-order valence-electron chi connectivity index (χ2n) is 8.68. The minimum absolute atomic E-state index is 0.150. The lowest BCUT2D eigenvalue weighted by Gasteiger charge is -2.12. The molecule has 182 valence electrons. The van der Waals surface area contributed by atoms with E-state index in [1.165, 1.54) is 0 Å². The van der Waals surface area contributed by atoms with Crippen LogP contribution < -0.4 is 11.1 Å². The number of hydrogen-bond acceptors (Lipinski definition) is 3. The molecule has 1 aliphatic carbocycles. The SMILES string of the molecule is Cc1c(N)ccc(CC(=O)c2cc(NC(=O)C3C(c4cc(Cl)cc(Cl)c4)C3(Cl)Cl)ccc2Cl)c1C. The molecule has 0 bridgehead atoms. The minimum atomic E-state index is -1.31. The van der Waals surface area contributed by atoms with E-state index in [1.54, 1.807) is 42.5 Å². The smallest absolute Gasteiger partial charge is 0.231 e. The Hall–Kier alpha value is -1.95. The van der Waals surface area contributed by atoms with Crippen molar-refractivity contribution < 1.29 is 9.59 Å². The van der Waals surface area contributed by atoms with Crippen LogP contribution in [-0.4, -0.2) is 16.0 Å². The van der Waals surface area contributed by atoms with Crippen LogP contribution in [0.15, 0.2) is 48.5 Å². The van der Waals surface area contributed by atoms with E-state index in [2.05, 4.69) is 5.32 Å². The van der Waals surface area contributed by atoms with Gasteiger partial charge in [-0.15, -0.1) is 23.2 Å². The zero-order valence-electron chi connectivity index (χ0n) is 18.8. The highest BCUT2D eigenvalue weighted by molar-refractivity contribution is 6.53. The lowest BCUT2D eigenvalue weighted by atomic mass is 9.95. The molecule has 0 aliphatic heterocycles. The summed E-state index contributed by atoms with van der Waals surface area (Å²) in [5.74, 6) is -1.77. The van der Waals surface area contributed by atoms with Gasteiger partial charge < -0.3 is 11.1 Å². The molecule has 2 atom stereocenters. The molecule has 0 radical (unpaired) electrons. The second kappa shape index (κ2) is 9.84. The van der Waals surface area contributed by atoms with Crippen LogP contribution >= 0.6 is 58.0 Å². The first kappa shape index (κ1) is 26.1. The molecule has 1 amide bonds. The Bertz CT molecular complexity index is 1340. The van der Waals surface area contributed by atoms with Crippen LogP contribution in [0, 0.1) is 19.8 Å². The Labute approximate surface area is 228 Å². The van der Waals surface area contributed by atoms with Crippen LogP contribution in [0.25, 0.3) is 0 Å². The number of anilines is 2. The average molecular weight is 571 g/mol. The quantitative estimate of drug-likeness (QED) is 0.180. The van der Waals surface area contributed by atoms with Gasteiger partial charge in [-0.25, -0.2) is 0 Å². The lowest BCUT2D eigenvalue weighted by molar-refractivity contribution is -0.117. The lowest BCUT2D eigenvalue weighted by Crippen LogP contribution is -2.17. The zero-order valence-corrected chi connectivity index (χ0v) is 22.5. The van der Waals surface area contributed by atoms with Crippen LogP contribution in [0.1, 0.15) is 38.5 Å². The number of ketones is 1. The predicted octanol–water partition coefficient (Wildman–Crippen LogP) is 7.80. The van der Waals surface area contributed by atoms with Crippen LogP contribution in [0.2, 0.25) is 15.1 Å².